The molecule has 0 bridgehead atoms. The van der Waals surface area contributed by atoms with Gasteiger partial charge in [0.05, 0.1) is 11.5 Å². The van der Waals surface area contributed by atoms with Gasteiger partial charge in [-0.3, -0.25) is 24.0 Å². The Kier molecular flexibility index (Phi) is 6.74. The molecule has 2 fully saturated rings. The minimum absolute atomic E-state index is 0.146. The van der Waals surface area contributed by atoms with E-state index < -0.39 is 5.97 Å². The molecule has 9 heteroatoms. The molecule has 3 rings (SSSR count). The van der Waals surface area contributed by atoms with Crippen LogP contribution in [0.2, 0.25) is 5.15 Å². The first-order valence-electron chi connectivity index (χ1n) is 9.16. The number of ether oxygens (including phenoxy) is 1. The van der Waals surface area contributed by atoms with E-state index in [-0.39, 0.29) is 30.7 Å². The van der Waals surface area contributed by atoms with Crippen LogP contribution < -0.4 is 4.87 Å². The molecule has 26 heavy (non-hydrogen) atoms. The molecule has 2 atom stereocenters. The summed E-state index contributed by atoms with van der Waals surface area (Å²) in [4.78, 5) is 29.3. The molecule has 0 amide bonds. The lowest BCUT2D eigenvalue weighted by Gasteiger charge is -2.43. The van der Waals surface area contributed by atoms with Crippen LogP contribution in [0.15, 0.2) is 4.79 Å². The highest BCUT2D eigenvalue weighted by Crippen LogP contribution is 2.29. The molecule has 1 aromatic rings. The predicted octanol–water partition coefficient (Wildman–Crippen LogP) is 1.16. The number of fused-ring (bicyclic) bond motifs is 1. The van der Waals surface area contributed by atoms with Crippen molar-refractivity contribution < 1.29 is 14.6 Å². The van der Waals surface area contributed by atoms with E-state index in [0.29, 0.717) is 24.2 Å². The number of hydrogen-bond acceptors (Lipinski definition) is 7. The van der Waals surface area contributed by atoms with Gasteiger partial charge in [0, 0.05) is 38.3 Å². The second kappa shape index (κ2) is 8.84. The van der Waals surface area contributed by atoms with Crippen molar-refractivity contribution in [3.05, 3.63) is 19.7 Å². The fourth-order valence-corrected chi connectivity index (χ4v) is 5.21. The van der Waals surface area contributed by atoms with E-state index in [1.165, 1.54) is 17.4 Å². The van der Waals surface area contributed by atoms with Crippen LogP contribution in [0.4, 0.5) is 0 Å². The molecule has 0 saturated carbocycles. The van der Waals surface area contributed by atoms with Crippen molar-refractivity contribution in [2.75, 3.05) is 32.8 Å². The minimum atomic E-state index is -0.460. The Balaban J connectivity index is 1.74. The van der Waals surface area contributed by atoms with Crippen LogP contribution in [0.1, 0.15) is 31.1 Å². The predicted molar refractivity (Wildman–Crippen MR) is 101 cm³/mol. The summed E-state index contributed by atoms with van der Waals surface area (Å²) in [6, 6.07) is 0.795. The molecule has 0 unspecified atom stereocenters. The Bertz CT molecular complexity index is 692. The smallest absolute Gasteiger partial charge is 0.326 e. The maximum absolute atomic E-state index is 12.3. The van der Waals surface area contributed by atoms with Crippen molar-refractivity contribution in [2.45, 2.75) is 51.4 Å². The average molecular weight is 404 g/mol. The molecule has 146 valence electrons. The lowest BCUT2D eigenvalue weighted by atomic mass is 10.0. The average Bonchev–Trinajstić information content (AvgIpc) is 3.15. The standard InChI is InChI=1S/C17H26ClN3O4S/c1-2-25-15(23)11-21-16(18)14(26-17(21)24)10-20-9-12-4-3-6-19(12)8-13(20)5-7-22/h12-13,22H,2-11H2,1H3/t12-,13+/m1/s1. The van der Waals surface area contributed by atoms with Crippen LogP contribution in [0.3, 0.4) is 0 Å². The van der Waals surface area contributed by atoms with Crippen molar-refractivity contribution >= 4 is 28.9 Å². The number of hydrogen-bond donors (Lipinski definition) is 1. The molecule has 1 aromatic heterocycles. The molecule has 3 heterocycles. The van der Waals surface area contributed by atoms with Crippen LogP contribution in [0.25, 0.3) is 0 Å². The second-order valence-electron chi connectivity index (χ2n) is 6.86. The zero-order chi connectivity index (χ0) is 18.7. The molecular weight excluding hydrogens is 378 g/mol. The van der Waals surface area contributed by atoms with Crippen molar-refractivity contribution in [2.24, 2.45) is 0 Å². The van der Waals surface area contributed by atoms with Crippen LogP contribution >= 0.6 is 22.9 Å². The number of nitrogens with zero attached hydrogens (tertiary/aromatic N) is 3. The Morgan fingerprint density at radius 2 is 2.23 bits per heavy atom. The van der Waals surface area contributed by atoms with Gasteiger partial charge < -0.3 is 9.84 Å². The number of aromatic nitrogens is 1. The summed E-state index contributed by atoms with van der Waals surface area (Å²) < 4.78 is 6.20. The first kappa shape index (κ1) is 19.8. The van der Waals surface area contributed by atoms with E-state index in [0.717, 1.165) is 35.8 Å². The van der Waals surface area contributed by atoms with Crippen LogP contribution in [-0.4, -0.2) is 70.4 Å². The number of esters is 1. The SMILES string of the molecule is CCOC(=O)Cn1c(Cl)c(CN2C[C@H]3CCCN3C[C@@H]2CCO)sc1=O. The maximum Gasteiger partial charge on any atom is 0.326 e. The van der Waals surface area contributed by atoms with Gasteiger partial charge in [-0.25, -0.2) is 0 Å². The molecule has 0 radical (unpaired) electrons. The fraction of sp³-hybridized carbons (Fsp3) is 0.765. The molecule has 2 aliphatic rings. The number of carbonyl (C=O) groups excluding carboxylic acids is 1. The van der Waals surface area contributed by atoms with Gasteiger partial charge >= 0.3 is 10.8 Å². The second-order valence-corrected chi connectivity index (χ2v) is 8.26. The molecule has 2 saturated heterocycles. The van der Waals surface area contributed by atoms with Gasteiger partial charge in [0.2, 0.25) is 0 Å². The van der Waals surface area contributed by atoms with Crippen molar-refractivity contribution in [1.82, 2.24) is 14.4 Å². The summed E-state index contributed by atoms with van der Waals surface area (Å²) in [7, 11) is 0. The molecule has 0 aromatic carbocycles. The third-order valence-electron chi connectivity index (χ3n) is 5.21. The fourth-order valence-electron chi connectivity index (χ4n) is 3.95. The number of piperazine rings is 1. The third kappa shape index (κ3) is 4.31. The van der Waals surface area contributed by atoms with E-state index in [9.17, 15) is 14.7 Å². The van der Waals surface area contributed by atoms with Crippen molar-refractivity contribution in [3.63, 3.8) is 0 Å². The normalized spacial score (nSPS) is 24.0. The molecule has 2 aliphatic heterocycles. The zero-order valence-electron chi connectivity index (χ0n) is 15.0. The molecular formula is C17H26ClN3O4S. The van der Waals surface area contributed by atoms with E-state index in [2.05, 4.69) is 9.80 Å². The number of aliphatic hydroxyl groups is 1. The largest absolute Gasteiger partial charge is 0.465 e. The highest BCUT2D eigenvalue weighted by Gasteiger charge is 2.36. The van der Waals surface area contributed by atoms with Gasteiger partial charge in [0.15, 0.2) is 0 Å². The van der Waals surface area contributed by atoms with Gasteiger partial charge in [-0.05, 0) is 32.7 Å². The Hall–Kier alpha value is -0.930. The van der Waals surface area contributed by atoms with Gasteiger partial charge in [-0.1, -0.05) is 22.9 Å². The summed E-state index contributed by atoms with van der Waals surface area (Å²) in [5.41, 5.74) is 0. The van der Waals surface area contributed by atoms with E-state index in [1.807, 2.05) is 0 Å². The topological polar surface area (TPSA) is 75.0 Å². The third-order valence-corrected chi connectivity index (χ3v) is 6.71. The Morgan fingerprint density at radius 1 is 1.42 bits per heavy atom. The van der Waals surface area contributed by atoms with E-state index in [4.69, 9.17) is 16.3 Å². The van der Waals surface area contributed by atoms with Gasteiger partial charge in [-0.15, -0.1) is 0 Å². The first-order valence-corrected chi connectivity index (χ1v) is 10.4. The van der Waals surface area contributed by atoms with Crippen molar-refractivity contribution in [1.29, 1.82) is 0 Å². The Morgan fingerprint density at radius 3 is 2.96 bits per heavy atom. The van der Waals surface area contributed by atoms with Crippen LogP contribution in [0.5, 0.6) is 0 Å². The van der Waals surface area contributed by atoms with Gasteiger partial charge in [0.1, 0.15) is 11.7 Å². The summed E-state index contributed by atoms with van der Waals surface area (Å²) in [6.07, 6.45) is 3.11. The number of thiazole rings is 1. The quantitative estimate of drug-likeness (QED) is 0.688. The molecule has 1 N–H and O–H groups in total. The lowest BCUT2D eigenvalue weighted by molar-refractivity contribution is -0.143. The number of halogens is 1. The van der Waals surface area contributed by atoms with E-state index in [1.54, 1.807) is 6.92 Å². The summed E-state index contributed by atoms with van der Waals surface area (Å²) in [6.45, 7) is 5.56. The van der Waals surface area contributed by atoms with Crippen LogP contribution in [0, 0.1) is 0 Å². The number of rotatable bonds is 7. The maximum atomic E-state index is 12.3. The molecule has 0 aliphatic carbocycles. The van der Waals surface area contributed by atoms with Crippen LogP contribution in [-0.2, 0) is 22.6 Å². The summed E-state index contributed by atoms with van der Waals surface area (Å²) in [5.74, 6) is -0.460. The molecule has 0 spiro atoms. The van der Waals surface area contributed by atoms with E-state index >= 15 is 0 Å². The van der Waals surface area contributed by atoms with Crippen molar-refractivity contribution in [3.8, 4) is 0 Å². The lowest BCUT2D eigenvalue weighted by Crippen LogP contribution is -2.55. The highest BCUT2D eigenvalue weighted by atomic mass is 35.5. The monoisotopic (exact) mass is 403 g/mol. The minimum Gasteiger partial charge on any atom is -0.465 e. The highest BCUT2D eigenvalue weighted by molar-refractivity contribution is 7.09. The van der Waals surface area contributed by atoms with Gasteiger partial charge in [-0.2, -0.15) is 0 Å². The number of carbonyl (C=O) groups is 1. The summed E-state index contributed by atoms with van der Waals surface area (Å²) in [5, 5.41) is 9.74. The Labute approximate surface area is 162 Å². The summed E-state index contributed by atoms with van der Waals surface area (Å²) >= 11 is 7.50. The van der Waals surface area contributed by atoms with Gasteiger partial charge in [0.25, 0.3) is 0 Å². The molecule has 7 nitrogen and oxygen atoms in total. The first-order chi connectivity index (χ1) is 12.5. The number of aliphatic hydroxyl groups excluding tert-OH is 1. The zero-order valence-corrected chi connectivity index (χ0v) is 16.6.